The van der Waals surface area contributed by atoms with E-state index in [0.717, 1.165) is 36.1 Å². The lowest BCUT2D eigenvalue weighted by atomic mass is 10.1. The monoisotopic (exact) mass is 466 g/mol. The molecule has 1 aliphatic heterocycles. The van der Waals surface area contributed by atoms with Crippen molar-refractivity contribution < 1.29 is 13.2 Å². The summed E-state index contributed by atoms with van der Waals surface area (Å²) in [5, 5.41) is 7.41. The van der Waals surface area contributed by atoms with Crippen molar-refractivity contribution in [1.82, 2.24) is 14.1 Å². The average molecular weight is 467 g/mol. The van der Waals surface area contributed by atoms with E-state index in [9.17, 15) is 13.2 Å². The van der Waals surface area contributed by atoms with Crippen LogP contribution in [0.25, 0.3) is 0 Å². The molecule has 1 amide bonds. The number of carbonyl (C=O) groups is 1. The lowest BCUT2D eigenvalue weighted by Gasteiger charge is -2.26. The van der Waals surface area contributed by atoms with Crippen LogP contribution in [0.4, 0.5) is 5.69 Å². The van der Waals surface area contributed by atoms with Crippen LogP contribution in [0.2, 0.25) is 0 Å². The van der Waals surface area contributed by atoms with Gasteiger partial charge in [0, 0.05) is 24.3 Å². The highest BCUT2D eigenvalue weighted by molar-refractivity contribution is 7.89. The van der Waals surface area contributed by atoms with E-state index in [-0.39, 0.29) is 5.91 Å². The third-order valence-electron chi connectivity index (χ3n) is 6.09. The van der Waals surface area contributed by atoms with E-state index in [4.69, 9.17) is 0 Å². The number of nitrogens with zero attached hydrogens (tertiary/aromatic N) is 3. The number of amides is 1. The largest absolute Gasteiger partial charge is 0.322 e. The van der Waals surface area contributed by atoms with Gasteiger partial charge in [-0.05, 0) is 63.4 Å². The molecule has 1 fully saturated rings. The molecule has 0 bridgehead atoms. The van der Waals surface area contributed by atoms with E-state index in [1.807, 2.05) is 43.3 Å². The van der Waals surface area contributed by atoms with Crippen LogP contribution in [-0.4, -0.2) is 41.5 Å². The molecule has 7 nitrogen and oxygen atoms in total. The highest BCUT2D eigenvalue weighted by Crippen LogP contribution is 2.26. The number of anilines is 1. The molecule has 2 heterocycles. The van der Waals surface area contributed by atoms with Crippen LogP contribution in [0.15, 0.2) is 53.4 Å². The molecule has 1 aromatic heterocycles. The Hall–Kier alpha value is -2.97. The van der Waals surface area contributed by atoms with Crippen LogP contribution in [0, 0.1) is 20.8 Å². The van der Waals surface area contributed by atoms with Gasteiger partial charge in [0.15, 0.2) is 0 Å². The molecule has 0 radical (unpaired) electrons. The maximum absolute atomic E-state index is 13.2. The lowest BCUT2D eigenvalue weighted by molar-refractivity contribution is 0.102. The van der Waals surface area contributed by atoms with Gasteiger partial charge in [-0.25, -0.2) is 8.42 Å². The summed E-state index contributed by atoms with van der Waals surface area (Å²) in [7, 11) is -3.55. The number of nitrogens with one attached hydrogen (secondary N) is 1. The van der Waals surface area contributed by atoms with Crippen molar-refractivity contribution >= 4 is 21.6 Å². The highest BCUT2D eigenvalue weighted by Gasteiger charge is 2.31. The Morgan fingerprint density at radius 3 is 2.21 bits per heavy atom. The zero-order chi connectivity index (χ0) is 23.6. The Morgan fingerprint density at radius 2 is 1.58 bits per heavy atom. The Kier molecular flexibility index (Phi) is 6.67. The van der Waals surface area contributed by atoms with Gasteiger partial charge in [-0.2, -0.15) is 9.40 Å². The second kappa shape index (κ2) is 9.49. The lowest BCUT2D eigenvalue weighted by Crippen LogP contribution is -2.36. The molecule has 1 aliphatic rings. The van der Waals surface area contributed by atoms with Gasteiger partial charge >= 0.3 is 0 Å². The predicted octanol–water partition coefficient (Wildman–Crippen LogP) is 4.28. The van der Waals surface area contributed by atoms with Crippen molar-refractivity contribution in [1.29, 1.82) is 0 Å². The second-order valence-electron chi connectivity index (χ2n) is 8.64. The van der Waals surface area contributed by atoms with Crippen LogP contribution < -0.4 is 5.32 Å². The van der Waals surface area contributed by atoms with Crippen LogP contribution in [0.3, 0.4) is 0 Å². The maximum Gasteiger partial charge on any atom is 0.255 e. The zero-order valence-corrected chi connectivity index (χ0v) is 20.2. The van der Waals surface area contributed by atoms with Gasteiger partial charge in [-0.15, -0.1) is 0 Å². The molecule has 1 saturated heterocycles. The van der Waals surface area contributed by atoms with E-state index in [1.165, 1.54) is 0 Å². The van der Waals surface area contributed by atoms with Gasteiger partial charge in [0.25, 0.3) is 5.91 Å². The molecule has 3 aromatic rings. The van der Waals surface area contributed by atoms with E-state index < -0.39 is 10.0 Å². The molecule has 0 atom stereocenters. The van der Waals surface area contributed by atoms with Crippen molar-refractivity contribution in [3.8, 4) is 0 Å². The molecule has 0 saturated carbocycles. The third-order valence-corrected chi connectivity index (χ3v) is 8.24. The van der Waals surface area contributed by atoms with Crippen molar-refractivity contribution in [2.45, 2.75) is 51.5 Å². The second-order valence-corrected chi connectivity index (χ2v) is 10.5. The van der Waals surface area contributed by atoms with Gasteiger partial charge in [0.1, 0.15) is 4.90 Å². The number of aryl methyl sites for hydroxylation is 2. The van der Waals surface area contributed by atoms with E-state index in [2.05, 4.69) is 10.4 Å². The fraction of sp³-hybridized carbons (Fsp3) is 0.360. The number of carbonyl (C=O) groups excluding carboxylic acids is 1. The third kappa shape index (κ3) is 5.02. The van der Waals surface area contributed by atoms with Gasteiger partial charge in [-0.1, -0.05) is 36.2 Å². The van der Waals surface area contributed by atoms with E-state index in [1.54, 1.807) is 35.0 Å². The van der Waals surface area contributed by atoms with Crippen molar-refractivity contribution in [2.75, 3.05) is 18.4 Å². The number of rotatable bonds is 6. The number of piperidine rings is 1. The standard InChI is InChI=1S/C25H30N4O3S/c1-18-7-13-23(14-8-18)26-25(30)22-11-9-21(10-12-22)17-29-20(3)24(19(2)27-29)33(31,32)28-15-5-4-6-16-28/h7-14H,4-6,15-17H2,1-3H3,(H,26,30). The summed E-state index contributed by atoms with van der Waals surface area (Å²) in [5.41, 5.74) is 4.54. The smallest absolute Gasteiger partial charge is 0.255 e. The summed E-state index contributed by atoms with van der Waals surface area (Å²) in [6.45, 7) is 7.12. The van der Waals surface area contributed by atoms with Crippen LogP contribution in [0.5, 0.6) is 0 Å². The Bertz CT molecular complexity index is 1240. The molecule has 0 aliphatic carbocycles. The summed E-state index contributed by atoms with van der Waals surface area (Å²) in [4.78, 5) is 12.8. The van der Waals surface area contributed by atoms with Gasteiger partial charge in [-0.3, -0.25) is 9.48 Å². The molecule has 4 rings (SSSR count). The molecule has 8 heteroatoms. The molecule has 2 aromatic carbocycles. The topological polar surface area (TPSA) is 84.3 Å². The van der Waals surface area contributed by atoms with Crippen LogP contribution in [0.1, 0.15) is 52.1 Å². The van der Waals surface area contributed by atoms with Crippen LogP contribution in [-0.2, 0) is 16.6 Å². The Morgan fingerprint density at radius 1 is 0.939 bits per heavy atom. The normalized spacial score (nSPS) is 14.9. The number of hydrogen-bond acceptors (Lipinski definition) is 4. The molecule has 0 unspecified atom stereocenters. The minimum atomic E-state index is -3.55. The summed E-state index contributed by atoms with van der Waals surface area (Å²) in [5.74, 6) is -0.175. The molecule has 174 valence electrons. The Balaban J connectivity index is 1.49. The van der Waals surface area contributed by atoms with E-state index >= 15 is 0 Å². The van der Waals surface area contributed by atoms with Crippen molar-refractivity contribution in [2.24, 2.45) is 0 Å². The van der Waals surface area contributed by atoms with Gasteiger partial charge < -0.3 is 5.32 Å². The minimum absolute atomic E-state index is 0.175. The molecule has 0 spiro atoms. The first-order chi connectivity index (χ1) is 15.8. The van der Waals surface area contributed by atoms with Crippen LogP contribution >= 0.6 is 0 Å². The maximum atomic E-state index is 13.2. The SMILES string of the molecule is Cc1ccc(NC(=O)c2ccc(Cn3nc(C)c(S(=O)(=O)N4CCCCC4)c3C)cc2)cc1. The molecular formula is C25H30N4O3S. The first-order valence-corrected chi connectivity index (χ1v) is 12.7. The fourth-order valence-electron chi connectivity index (χ4n) is 4.22. The fourth-order valence-corrected chi connectivity index (χ4v) is 6.11. The number of benzene rings is 2. The Labute approximate surface area is 195 Å². The quantitative estimate of drug-likeness (QED) is 0.588. The van der Waals surface area contributed by atoms with Crippen molar-refractivity contribution in [3.63, 3.8) is 0 Å². The van der Waals surface area contributed by atoms with E-state index in [0.29, 0.717) is 41.5 Å². The minimum Gasteiger partial charge on any atom is -0.322 e. The van der Waals surface area contributed by atoms with Gasteiger partial charge in [0.2, 0.25) is 10.0 Å². The number of aromatic nitrogens is 2. The molecule has 1 N–H and O–H groups in total. The summed E-state index contributed by atoms with van der Waals surface area (Å²) in [6, 6.07) is 14.9. The average Bonchev–Trinajstić information content (AvgIpc) is 3.09. The first kappa shape index (κ1) is 23.2. The summed E-state index contributed by atoms with van der Waals surface area (Å²) in [6.07, 6.45) is 2.87. The summed E-state index contributed by atoms with van der Waals surface area (Å²) >= 11 is 0. The highest BCUT2D eigenvalue weighted by atomic mass is 32.2. The summed E-state index contributed by atoms with van der Waals surface area (Å²) < 4.78 is 29.7. The molecular weight excluding hydrogens is 436 g/mol. The molecule has 33 heavy (non-hydrogen) atoms. The first-order valence-electron chi connectivity index (χ1n) is 11.3. The number of sulfonamides is 1. The zero-order valence-electron chi connectivity index (χ0n) is 19.3. The van der Waals surface area contributed by atoms with Crippen molar-refractivity contribution in [3.05, 3.63) is 76.6 Å². The number of hydrogen-bond donors (Lipinski definition) is 1. The predicted molar refractivity (Wildman–Crippen MR) is 129 cm³/mol. The van der Waals surface area contributed by atoms with Gasteiger partial charge in [0.05, 0.1) is 17.9 Å².